The first-order chi connectivity index (χ1) is 5.74. The van der Waals surface area contributed by atoms with Gasteiger partial charge in [-0.3, -0.25) is 0 Å². The zero-order valence-electron chi connectivity index (χ0n) is 7.68. The van der Waals surface area contributed by atoms with Crippen LogP contribution in [0.4, 0.5) is 4.79 Å². The van der Waals surface area contributed by atoms with Crippen LogP contribution in [0.5, 0.6) is 0 Å². The predicted molar refractivity (Wildman–Crippen MR) is 49.7 cm³/mol. The van der Waals surface area contributed by atoms with Crippen molar-refractivity contribution in [3.63, 3.8) is 0 Å². The number of amides is 2. The lowest BCUT2D eigenvalue weighted by atomic mass is 10.2. The van der Waals surface area contributed by atoms with Crippen molar-refractivity contribution >= 4 is 6.03 Å². The highest BCUT2D eigenvalue weighted by Crippen LogP contribution is 1.93. The molecule has 3 nitrogen and oxygen atoms in total. The second-order valence-electron chi connectivity index (χ2n) is 2.51. The standard InChI is InChI=1S/C9H16N2O/c1-4-7-8(5-2)11-9(12)10-6-3/h2,8H,4,6-7H2,1,3H3,(H2,10,11,12). The second kappa shape index (κ2) is 6.53. The van der Waals surface area contributed by atoms with Crippen LogP contribution in [-0.2, 0) is 0 Å². The summed E-state index contributed by atoms with van der Waals surface area (Å²) in [6.07, 6.45) is 7.01. The fraction of sp³-hybridized carbons (Fsp3) is 0.667. The summed E-state index contributed by atoms with van der Waals surface area (Å²) in [6.45, 7) is 4.52. The largest absolute Gasteiger partial charge is 0.338 e. The van der Waals surface area contributed by atoms with Gasteiger partial charge in [0.2, 0.25) is 0 Å². The lowest BCUT2D eigenvalue weighted by Gasteiger charge is -2.11. The lowest BCUT2D eigenvalue weighted by Crippen LogP contribution is -2.41. The highest BCUT2D eigenvalue weighted by Gasteiger charge is 2.05. The number of carbonyl (C=O) groups excluding carboxylic acids is 1. The number of rotatable bonds is 4. The normalized spacial score (nSPS) is 11.4. The van der Waals surface area contributed by atoms with E-state index in [1.165, 1.54) is 0 Å². The Balaban J connectivity index is 3.71. The van der Waals surface area contributed by atoms with Crippen LogP contribution < -0.4 is 10.6 Å². The average molecular weight is 168 g/mol. The summed E-state index contributed by atoms with van der Waals surface area (Å²) >= 11 is 0. The molecule has 1 unspecified atom stereocenters. The molecule has 3 heteroatoms. The number of nitrogens with one attached hydrogen (secondary N) is 2. The molecule has 0 saturated heterocycles. The number of urea groups is 1. The summed E-state index contributed by atoms with van der Waals surface area (Å²) in [6, 6.07) is -0.324. The molecule has 0 radical (unpaired) electrons. The van der Waals surface area contributed by atoms with Crippen molar-refractivity contribution in [2.24, 2.45) is 0 Å². The van der Waals surface area contributed by atoms with E-state index in [1.54, 1.807) is 0 Å². The van der Waals surface area contributed by atoms with E-state index in [0.717, 1.165) is 12.8 Å². The molecular weight excluding hydrogens is 152 g/mol. The van der Waals surface area contributed by atoms with Crippen LogP contribution in [0, 0.1) is 12.3 Å². The highest BCUT2D eigenvalue weighted by atomic mass is 16.2. The Hall–Kier alpha value is -1.17. The van der Waals surface area contributed by atoms with Crippen molar-refractivity contribution in [1.29, 1.82) is 0 Å². The van der Waals surface area contributed by atoms with Gasteiger partial charge < -0.3 is 10.6 Å². The Morgan fingerprint density at radius 1 is 1.58 bits per heavy atom. The van der Waals surface area contributed by atoms with Gasteiger partial charge in [-0.05, 0) is 13.3 Å². The van der Waals surface area contributed by atoms with Gasteiger partial charge in [0.25, 0.3) is 0 Å². The van der Waals surface area contributed by atoms with E-state index in [9.17, 15) is 4.79 Å². The first-order valence-corrected chi connectivity index (χ1v) is 4.25. The molecule has 0 aliphatic heterocycles. The molecule has 0 fully saturated rings. The molecule has 0 aromatic heterocycles. The van der Waals surface area contributed by atoms with Gasteiger partial charge in [0.15, 0.2) is 0 Å². The molecule has 1 atom stereocenters. The van der Waals surface area contributed by atoms with Crippen LogP contribution in [0.15, 0.2) is 0 Å². The van der Waals surface area contributed by atoms with Gasteiger partial charge in [-0.15, -0.1) is 6.42 Å². The molecule has 0 rings (SSSR count). The molecule has 68 valence electrons. The van der Waals surface area contributed by atoms with Crippen molar-refractivity contribution in [1.82, 2.24) is 10.6 Å². The minimum atomic E-state index is -0.186. The number of hydrogen-bond donors (Lipinski definition) is 2. The number of carbonyl (C=O) groups is 1. The van der Waals surface area contributed by atoms with Gasteiger partial charge >= 0.3 is 6.03 Å². The van der Waals surface area contributed by atoms with Gasteiger partial charge in [-0.2, -0.15) is 0 Å². The van der Waals surface area contributed by atoms with Crippen molar-refractivity contribution in [2.75, 3.05) is 6.54 Å². The summed E-state index contributed by atoms with van der Waals surface area (Å²) in [5, 5.41) is 5.31. The van der Waals surface area contributed by atoms with Crippen molar-refractivity contribution in [3.05, 3.63) is 0 Å². The Kier molecular flexibility index (Phi) is 5.90. The van der Waals surface area contributed by atoms with Crippen LogP contribution >= 0.6 is 0 Å². The number of terminal acetylenes is 1. The monoisotopic (exact) mass is 168 g/mol. The van der Waals surface area contributed by atoms with E-state index >= 15 is 0 Å². The van der Waals surface area contributed by atoms with Gasteiger partial charge in [0, 0.05) is 6.54 Å². The minimum absolute atomic E-state index is 0.137. The lowest BCUT2D eigenvalue weighted by molar-refractivity contribution is 0.239. The minimum Gasteiger partial charge on any atom is -0.338 e. The van der Waals surface area contributed by atoms with Crippen LogP contribution in [0.3, 0.4) is 0 Å². The Morgan fingerprint density at radius 2 is 2.25 bits per heavy atom. The topological polar surface area (TPSA) is 41.1 Å². The molecule has 0 heterocycles. The third-order valence-corrected chi connectivity index (χ3v) is 1.42. The average Bonchev–Trinajstić information content (AvgIpc) is 2.04. The summed E-state index contributed by atoms with van der Waals surface area (Å²) in [5.41, 5.74) is 0. The summed E-state index contributed by atoms with van der Waals surface area (Å²) in [7, 11) is 0. The Labute approximate surface area is 73.9 Å². The maximum atomic E-state index is 11.0. The summed E-state index contributed by atoms with van der Waals surface area (Å²) in [5.74, 6) is 2.52. The van der Waals surface area contributed by atoms with E-state index in [-0.39, 0.29) is 12.1 Å². The molecule has 2 N–H and O–H groups in total. The molecule has 12 heavy (non-hydrogen) atoms. The zero-order chi connectivity index (χ0) is 9.40. The molecular formula is C9H16N2O. The summed E-state index contributed by atoms with van der Waals surface area (Å²) in [4.78, 5) is 11.0. The molecule has 0 spiro atoms. The predicted octanol–water partition coefficient (Wildman–Crippen LogP) is 1.11. The van der Waals surface area contributed by atoms with E-state index in [2.05, 4.69) is 16.6 Å². The maximum Gasteiger partial charge on any atom is 0.315 e. The van der Waals surface area contributed by atoms with Crippen LogP contribution in [-0.4, -0.2) is 18.6 Å². The molecule has 0 aliphatic carbocycles. The first-order valence-electron chi connectivity index (χ1n) is 4.25. The van der Waals surface area contributed by atoms with Crippen LogP contribution in [0.2, 0.25) is 0 Å². The molecule has 0 aliphatic rings. The molecule has 0 aromatic rings. The molecule has 2 amide bonds. The first kappa shape index (κ1) is 10.8. The molecule has 0 saturated carbocycles. The van der Waals surface area contributed by atoms with Crippen LogP contribution in [0.25, 0.3) is 0 Å². The van der Waals surface area contributed by atoms with Gasteiger partial charge in [0.1, 0.15) is 0 Å². The van der Waals surface area contributed by atoms with Gasteiger partial charge in [-0.25, -0.2) is 4.79 Å². The van der Waals surface area contributed by atoms with Crippen molar-refractivity contribution < 1.29 is 4.79 Å². The fourth-order valence-corrected chi connectivity index (χ4v) is 0.856. The van der Waals surface area contributed by atoms with E-state index in [4.69, 9.17) is 6.42 Å². The van der Waals surface area contributed by atoms with E-state index < -0.39 is 0 Å². The third-order valence-electron chi connectivity index (χ3n) is 1.42. The fourth-order valence-electron chi connectivity index (χ4n) is 0.856. The summed E-state index contributed by atoms with van der Waals surface area (Å²) < 4.78 is 0. The Bertz CT molecular complexity index is 172. The van der Waals surface area contributed by atoms with Crippen molar-refractivity contribution in [2.45, 2.75) is 32.7 Å². The van der Waals surface area contributed by atoms with Crippen LogP contribution in [0.1, 0.15) is 26.7 Å². The molecule has 0 aromatic carbocycles. The Morgan fingerprint density at radius 3 is 2.67 bits per heavy atom. The quantitative estimate of drug-likeness (QED) is 0.606. The third kappa shape index (κ3) is 4.62. The van der Waals surface area contributed by atoms with E-state index in [1.807, 2.05) is 13.8 Å². The van der Waals surface area contributed by atoms with Gasteiger partial charge in [0.05, 0.1) is 6.04 Å². The van der Waals surface area contributed by atoms with Gasteiger partial charge in [-0.1, -0.05) is 19.3 Å². The van der Waals surface area contributed by atoms with Crippen molar-refractivity contribution in [3.8, 4) is 12.3 Å². The molecule has 0 bridgehead atoms. The second-order valence-corrected chi connectivity index (χ2v) is 2.51. The maximum absolute atomic E-state index is 11.0. The number of hydrogen-bond acceptors (Lipinski definition) is 1. The highest BCUT2D eigenvalue weighted by molar-refractivity contribution is 5.74. The smallest absolute Gasteiger partial charge is 0.315 e. The zero-order valence-corrected chi connectivity index (χ0v) is 7.68. The van der Waals surface area contributed by atoms with E-state index in [0.29, 0.717) is 6.54 Å². The SMILES string of the molecule is C#CC(CCC)NC(=O)NCC.